The molecule has 4 heteroatoms. The lowest BCUT2D eigenvalue weighted by Gasteiger charge is -2.09. The molecule has 2 N–H and O–H groups in total. The van der Waals surface area contributed by atoms with Gasteiger partial charge in [-0.1, -0.05) is 19.4 Å². The minimum atomic E-state index is 0.510. The summed E-state index contributed by atoms with van der Waals surface area (Å²) in [5.41, 5.74) is 5.38. The van der Waals surface area contributed by atoms with Crippen LogP contribution < -0.4 is 15.2 Å². The SMILES string of the molecule is CCCCOCCOc1cccc(OCCN)c1. The first-order valence-corrected chi connectivity index (χ1v) is 6.50. The molecule has 0 bridgehead atoms. The van der Waals surface area contributed by atoms with Crippen LogP contribution in [0.4, 0.5) is 0 Å². The van der Waals surface area contributed by atoms with Gasteiger partial charge in [-0.3, -0.25) is 0 Å². The molecule has 102 valence electrons. The van der Waals surface area contributed by atoms with E-state index in [0.717, 1.165) is 30.9 Å². The van der Waals surface area contributed by atoms with Gasteiger partial charge >= 0.3 is 0 Å². The van der Waals surface area contributed by atoms with E-state index < -0.39 is 0 Å². The number of rotatable bonds is 10. The Bertz CT molecular complexity index is 318. The van der Waals surface area contributed by atoms with Crippen molar-refractivity contribution < 1.29 is 14.2 Å². The lowest BCUT2D eigenvalue weighted by molar-refractivity contribution is 0.0979. The van der Waals surface area contributed by atoms with Gasteiger partial charge in [-0.15, -0.1) is 0 Å². The van der Waals surface area contributed by atoms with Crippen LogP contribution in [0.2, 0.25) is 0 Å². The van der Waals surface area contributed by atoms with E-state index in [9.17, 15) is 0 Å². The van der Waals surface area contributed by atoms with E-state index in [0.29, 0.717) is 26.4 Å². The zero-order chi connectivity index (χ0) is 13.1. The summed E-state index contributed by atoms with van der Waals surface area (Å²) < 4.78 is 16.4. The summed E-state index contributed by atoms with van der Waals surface area (Å²) in [6, 6.07) is 7.56. The van der Waals surface area contributed by atoms with Gasteiger partial charge in [-0.2, -0.15) is 0 Å². The molecule has 0 unspecified atom stereocenters. The molecule has 0 aliphatic carbocycles. The number of benzene rings is 1. The Hall–Kier alpha value is -1.26. The highest BCUT2D eigenvalue weighted by molar-refractivity contribution is 5.32. The first-order valence-electron chi connectivity index (χ1n) is 6.50. The molecule has 4 nitrogen and oxygen atoms in total. The van der Waals surface area contributed by atoms with Gasteiger partial charge in [0.2, 0.25) is 0 Å². The molecule has 0 fully saturated rings. The summed E-state index contributed by atoms with van der Waals surface area (Å²) in [6.45, 7) is 5.16. The van der Waals surface area contributed by atoms with Crippen molar-refractivity contribution in [3.8, 4) is 11.5 Å². The Morgan fingerprint density at radius 2 is 1.72 bits per heavy atom. The fourth-order valence-electron chi connectivity index (χ4n) is 1.40. The van der Waals surface area contributed by atoms with Crippen molar-refractivity contribution in [2.45, 2.75) is 19.8 Å². The van der Waals surface area contributed by atoms with Crippen LogP contribution in [-0.2, 0) is 4.74 Å². The van der Waals surface area contributed by atoms with Gasteiger partial charge < -0.3 is 19.9 Å². The summed E-state index contributed by atoms with van der Waals surface area (Å²) in [5.74, 6) is 1.58. The third kappa shape index (κ3) is 6.47. The highest BCUT2D eigenvalue weighted by Crippen LogP contribution is 2.19. The molecule has 0 radical (unpaired) electrons. The van der Waals surface area contributed by atoms with Crippen molar-refractivity contribution in [3.05, 3.63) is 24.3 Å². The van der Waals surface area contributed by atoms with E-state index in [1.807, 2.05) is 24.3 Å². The Kier molecular flexibility index (Phi) is 8.01. The van der Waals surface area contributed by atoms with Gasteiger partial charge in [0.1, 0.15) is 24.7 Å². The molecule has 0 saturated carbocycles. The maximum atomic E-state index is 5.57. The lowest BCUT2D eigenvalue weighted by atomic mass is 10.3. The van der Waals surface area contributed by atoms with Crippen molar-refractivity contribution in [3.63, 3.8) is 0 Å². The average Bonchev–Trinajstić information content (AvgIpc) is 2.41. The zero-order valence-corrected chi connectivity index (χ0v) is 11.1. The predicted molar refractivity (Wildman–Crippen MR) is 72.2 cm³/mol. The fourth-order valence-corrected chi connectivity index (χ4v) is 1.40. The highest BCUT2D eigenvalue weighted by Gasteiger charge is 1.97. The second kappa shape index (κ2) is 9.74. The number of nitrogens with two attached hydrogens (primary N) is 1. The second-order valence-electron chi connectivity index (χ2n) is 3.93. The van der Waals surface area contributed by atoms with E-state index in [-0.39, 0.29) is 0 Å². The van der Waals surface area contributed by atoms with Gasteiger partial charge in [0.05, 0.1) is 6.61 Å². The molecule has 1 aromatic carbocycles. The standard InChI is InChI=1S/C14H23NO3/c1-2-3-8-16-10-11-18-14-6-4-5-13(12-14)17-9-7-15/h4-6,12H,2-3,7-11,15H2,1H3. The quantitative estimate of drug-likeness (QED) is 0.650. The maximum Gasteiger partial charge on any atom is 0.123 e. The highest BCUT2D eigenvalue weighted by atomic mass is 16.5. The number of ether oxygens (including phenoxy) is 3. The summed E-state index contributed by atoms with van der Waals surface area (Å²) in [5, 5.41) is 0. The van der Waals surface area contributed by atoms with Crippen LogP contribution in [0.15, 0.2) is 24.3 Å². The minimum Gasteiger partial charge on any atom is -0.492 e. The first kappa shape index (κ1) is 14.8. The Morgan fingerprint density at radius 3 is 2.39 bits per heavy atom. The molecule has 0 saturated heterocycles. The molecular formula is C14H23NO3. The van der Waals surface area contributed by atoms with E-state index in [2.05, 4.69) is 6.92 Å². The van der Waals surface area contributed by atoms with Gasteiger partial charge in [0, 0.05) is 19.2 Å². The van der Waals surface area contributed by atoms with E-state index in [1.165, 1.54) is 0 Å². The van der Waals surface area contributed by atoms with Crippen molar-refractivity contribution >= 4 is 0 Å². The normalized spacial score (nSPS) is 10.3. The monoisotopic (exact) mass is 253 g/mol. The molecule has 0 aliphatic heterocycles. The molecule has 0 atom stereocenters. The summed E-state index contributed by atoms with van der Waals surface area (Å²) in [7, 11) is 0. The molecule has 0 heterocycles. The van der Waals surface area contributed by atoms with Crippen LogP contribution in [0.3, 0.4) is 0 Å². The number of hydrogen-bond donors (Lipinski definition) is 1. The van der Waals surface area contributed by atoms with Crippen molar-refractivity contribution in [1.82, 2.24) is 0 Å². The predicted octanol–water partition coefficient (Wildman–Crippen LogP) is 2.22. The Morgan fingerprint density at radius 1 is 1.00 bits per heavy atom. The van der Waals surface area contributed by atoms with Crippen LogP contribution in [0, 0.1) is 0 Å². The third-order valence-corrected chi connectivity index (χ3v) is 2.33. The van der Waals surface area contributed by atoms with Crippen LogP contribution >= 0.6 is 0 Å². The van der Waals surface area contributed by atoms with E-state index in [4.69, 9.17) is 19.9 Å². The summed E-state index contributed by atoms with van der Waals surface area (Å²) in [6.07, 6.45) is 2.25. The molecule has 0 spiro atoms. The zero-order valence-electron chi connectivity index (χ0n) is 11.1. The number of hydrogen-bond acceptors (Lipinski definition) is 4. The second-order valence-corrected chi connectivity index (χ2v) is 3.93. The minimum absolute atomic E-state index is 0.510. The largest absolute Gasteiger partial charge is 0.492 e. The van der Waals surface area contributed by atoms with Gasteiger partial charge in [-0.05, 0) is 18.6 Å². The van der Waals surface area contributed by atoms with Crippen LogP contribution in [0.5, 0.6) is 11.5 Å². The summed E-state index contributed by atoms with van der Waals surface area (Å²) >= 11 is 0. The molecule has 1 rings (SSSR count). The van der Waals surface area contributed by atoms with Crippen LogP contribution in [-0.4, -0.2) is 33.0 Å². The maximum absolute atomic E-state index is 5.57. The van der Waals surface area contributed by atoms with Gasteiger partial charge in [-0.25, -0.2) is 0 Å². The van der Waals surface area contributed by atoms with Crippen molar-refractivity contribution in [1.29, 1.82) is 0 Å². The smallest absolute Gasteiger partial charge is 0.123 e. The first-order chi connectivity index (χ1) is 8.86. The molecule has 0 aliphatic rings. The molecule has 18 heavy (non-hydrogen) atoms. The number of unbranched alkanes of at least 4 members (excludes halogenated alkanes) is 1. The van der Waals surface area contributed by atoms with Crippen molar-refractivity contribution in [2.24, 2.45) is 5.73 Å². The molecule has 1 aromatic rings. The Balaban J connectivity index is 2.20. The molecule has 0 amide bonds. The van der Waals surface area contributed by atoms with Gasteiger partial charge in [0.25, 0.3) is 0 Å². The Labute approximate surface area is 109 Å². The lowest BCUT2D eigenvalue weighted by Crippen LogP contribution is -2.11. The van der Waals surface area contributed by atoms with E-state index >= 15 is 0 Å². The third-order valence-electron chi connectivity index (χ3n) is 2.33. The van der Waals surface area contributed by atoms with Crippen LogP contribution in [0.25, 0.3) is 0 Å². The van der Waals surface area contributed by atoms with Gasteiger partial charge in [0.15, 0.2) is 0 Å². The van der Waals surface area contributed by atoms with Crippen LogP contribution in [0.1, 0.15) is 19.8 Å². The molecular weight excluding hydrogens is 230 g/mol. The fraction of sp³-hybridized carbons (Fsp3) is 0.571. The molecule has 0 aromatic heterocycles. The topological polar surface area (TPSA) is 53.7 Å². The summed E-state index contributed by atoms with van der Waals surface area (Å²) in [4.78, 5) is 0. The van der Waals surface area contributed by atoms with Crippen molar-refractivity contribution in [2.75, 3.05) is 33.0 Å². The van der Waals surface area contributed by atoms with E-state index in [1.54, 1.807) is 0 Å². The average molecular weight is 253 g/mol.